The molecule has 3 rings (SSSR count). The Balaban J connectivity index is 1.72. The van der Waals surface area contributed by atoms with E-state index in [-0.39, 0.29) is 12.2 Å². The fourth-order valence-electron chi connectivity index (χ4n) is 2.59. The van der Waals surface area contributed by atoms with Crippen LogP contribution in [0.3, 0.4) is 0 Å². The SMILES string of the molecule is COc1cc(C=NNC(=O)c2ccccc2F)cc(Br)c1OCc1ccccc1Cl. The molecule has 154 valence electrons. The Labute approximate surface area is 186 Å². The van der Waals surface area contributed by atoms with Gasteiger partial charge in [-0.25, -0.2) is 9.82 Å². The summed E-state index contributed by atoms with van der Waals surface area (Å²) in [6.07, 6.45) is 1.42. The van der Waals surface area contributed by atoms with Crippen molar-refractivity contribution in [3.8, 4) is 11.5 Å². The number of benzene rings is 3. The zero-order valence-corrected chi connectivity index (χ0v) is 18.2. The number of halogens is 3. The third kappa shape index (κ3) is 5.37. The lowest BCUT2D eigenvalue weighted by molar-refractivity contribution is 0.0951. The number of nitrogens with one attached hydrogen (secondary N) is 1. The van der Waals surface area contributed by atoms with Crippen LogP contribution in [0.15, 0.2) is 70.2 Å². The molecular weight excluding hydrogens is 475 g/mol. The van der Waals surface area contributed by atoms with E-state index in [9.17, 15) is 9.18 Å². The van der Waals surface area contributed by atoms with Crippen molar-refractivity contribution in [1.29, 1.82) is 0 Å². The Morgan fingerprint density at radius 3 is 2.67 bits per heavy atom. The lowest BCUT2D eigenvalue weighted by Crippen LogP contribution is -2.18. The maximum Gasteiger partial charge on any atom is 0.274 e. The van der Waals surface area contributed by atoms with Crippen molar-refractivity contribution in [3.63, 3.8) is 0 Å². The molecule has 0 atom stereocenters. The third-order valence-electron chi connectivity index (χ3n) is 4.08. The monoisotopic (exact) mass is 490 g/mol. The van der Waals surface area contributed by atoms with Gasteiger partial charge >= 0.3 is 0 Å². The van der Waals surface area contributed by atoms with Gasteiger partial charge in [-0.15, -0.1) is 0 Å². The van der Waals surface area contributed by atoms with E-state index >= 15 is 0 Å². The first kappa shape index (κ1) is 21.8. The number of methoxy groups -OCH3 is 1. The van der Waals surface area contributed by atoms with Crippen LogP contribution in [0.1, 0.15) is 21.5 Å². The number of ether oxygens (including phenoxy) is 2. The zero-order chi connectivity index (χ0) is 21.5. The highest BCUT2D eigenvalue weighted by atomic mass is 79.9. The Kier molecular flexibility index (Phi) is 7.43. The molecule has 3 aromatic carbocycles. The second-order valence-corrected chi connectivity index (χ2v) is 7.35. The van der Waals surface area contributed by atoms with Gasteiger partial charge in [-0.3, -0.25) is 4.79 Å². The van der Waals surface area contributed by atoms with E-state index < -0.39 is 11.7 Å². The minimum Gasteiger partial charge on any atom is -0.493 e. The normalized spacial score (nSPS) is 10.8. The third-order valence-corrected chi connectivity index (χ3v) is 5.04. The number of hydrazone groups is 1. The highest BCUT2D eigenvalue weighted by Crippen LogP contribution is 2.37. The molecule has 0 aromatic heterocycles. The number of carbonyl (C=O) groups excluding carboxylic acids is 1. The smallest absolute Gasteiger partial charge is 0.274 e. The van der Waals surface area contributed by atoms with Crippen molar-refractivity contribution < 1.29 is 18.7 Å². The standard InChI is InChI=1S/C22H17BrClFN2O3/c1-29-20-11-14(12-26-27-22(28)16-7-3-5-9-19(16)25)10-17(23)21(20)30-13-15-6-2-4-8-18(15)24/h2-12H,13H2,1H3,(H,27,28). The summed E-state index contributed by atoms with van der Waals surface area (Å²) >= 11 is 9.63. The molecular formula is C22H17BrClFN2O3. The van der Waals surface area contributed by atoms with Crippen LogP contribution < -0.4 is 14.9 Å². The van der Waals surface area contributed by atoms with Crippen LogP contribution in [0, 0.1) is 5.82 Å². The molecule has 1 N–H and O–H groups in total. The van der Waals surface area contributed by atoms with Gasteiger partial charge in [-0.2, -0.15) is 5.10 Å². The van der Waals surface area contributed by atoms with Crippen molar-refractivity contribution in [3.05, 3.63) is 92.7 Å². The predicted molar refractivity (Wildman–Crippen MR) is 118 cm³/mol. The summed E-state index contributed by atoms with van der Waals surface area (Å²) in [5.74, 6) is -0.284. The van der Waals surface area contributed by atoms with Gasteiger partial charge in [0.1, 0.15) is 12.4 Å². The van der Waals surface area contributed by atoms with E-state index in [1.807, 2.05) is 18.2 Å². The highest BCUT2D eigenvalue weighted by Gasteiger charge is 2.13. The minimum atomic E-state index is -0.643. The highest BCUT2D eigenvalue weighted by molar-refractivity contribution is 9.10. The summed E-state index contributed by atoms with van der Waals surface area (Å²) in [5, 5.41) is 4.50. The van der Waals surface area contributed by atoms with E-state index in [1.165, 1.54) is 31.5 Å². The maximum atomic E-state index is 13.6. The number of carbonyl (C=O) groups is 1. The van der Waals surface area contributed by atoms with Gasteiger partial charge in [0.15, 0.2) is 11.5 Å². The van der Waals surface area contributed by atoms with Gasteiger partial charge in [-0.05, 0) is 51.8 Å². The molecule has 0 aliphatic heterocycles. The largest absolute Gasteiger partial charge is 0.493 e. The first-order valence-corrected chi connectivity index (χ1v) is 9.98. The zero-order valence-electron chi connectivity index (χ0n) is 15.9. The maximum absolute atomic E-state index is 13.6. The summed E-state index contributed by atoms with van der Waals surface area (Å²) in [7, 11) is 1.52. The molecule has 0 heterocycles. The quantitative estimate of drug-likeness (QED) is 0.346. The fraction of sp³-hybridized carbons (Fsp3) is 0.0909. The Morgan fingerprint density at radius 1 is 1.20 bits per heavy atom. The average Bonchev–Trinajstić information content (AvgIpc) is 2.74. The average molecular weight is 492 g/mol. The van der Waals surface area contributed by atoms with E-state index in [4.69, 9.17) is 21.1 Å². The summed E-state index contributed by atoms with van der Waals surface area (Å²) in [6.45, 7) is 0.265. The number of hydrogen-bond donors (Lipinski definition) is 1. The fourth-order valence-corrected chi connectivity index (χ4v) is 3.36. The van der Waals surface area contributed by atoms with Crippen molar-refractivity contribution in [2.75, 3.05) is 7.11 Å². The van der Waals surface area contributed by atoms with Gasteiger partial charge in [0, 0.05) is 10.6 Å². The predicted octanol–water partition coefficient (Wildman–Crippen LogP) is 5.59. The van der Waals surface area contributed by atoms with Crippen LogP contribution in [-0.2, 0) is 6.61 Å². The van der Waals surface area contributed by atoms with E-state index in [0.29, 0.717) is 26.6 Å². The van der Waals surface area contributed by atoms with Crippen LogP contribution in [0.2, 0.25) is 5.02 Å². The van der Waals surface area contributed by atoms with Crippen LogP contribution in [0.5, 0.6) is 11.5 Å². The van der Waals surface area contributed by atoms with Crippen LogP contribution >= 0.6 is 27.5 Å². The summed E-state index contributed by atoms with van der Waals surface area (Å²) in [4.78, 5) is 12.0. The first-order valence-electron chi connectivity index (χ1n) is 8.81. The van der Waals surface area contributed by atoms with Crippen LogP contribution in [0.4, 0.5) is 4.39 Å². The van der Waals surface area contributed by atoms with Gasteiger partial charge in [0.05, 0.1) is 23.4 Å². The molecule has 5 nitrogen and oxygen atoms in total. The molecule has 0 aliphatic rings. The van der Waals surface area contributed by atoms with Crippen LogP contribution in [-0.4, -0.2) is 19.2 Å². The van der Waals surface area contributed by atoms with Gasteiger partial charge < -0.3 is 9.47 Å². The van der Waals surface area contributed by atoms with Crippen molar-refractivity contribution in [1.82, 2.24) is 5.43 Å². The van der Waals surface area contributed by atoms with Gasteiger partial charge in [0.2, 0.25) is 0 Å². The molecule has 0 saturated carbocycles. The summed E-state index contributed by atoms with van der Waals surface area (Å²) < 4.78 is 25.6. The lowest BCUT2D eigenvalue weighted by atomic mass is 10.2. The number of rotatable bonds is 7. The molecule has 0 bridgehead atoms. The Bertz CT molecular complexity index is 1090. The molecule has 3 aromatic rings. The molecule has 0 aliphatic carbocycles. The van der Waals surface area contributed by atoms with Gasteiger partial charge in [0.25, 0.3) is 5.91 Å². The van der Waals surface area contributed by atoms with Gasteiger partial charge in [-0.1, -0.05) is 41.9 Å². The van der Waals surface area contributed by atoms with E-state index in [1.54, 1.807) is 24.3 Å². The summed E-state index contributed by atoms with van der Waals surface area (Å²) in [5.41, 5.74) is 3.69. The lowest BCUT2D eigenvalue weighted by Gasteiger charge is -2.14. The Morgan fingerprint density at radius 2 is 1.93 bits per heavy atom. The molecule has 0 saturated heterocycles. The topological polar surface area (TPSA) is 59.9 Å². The number of nitrogens with zero attached hydrogens (tertiary/aromatic N) is 1. The molecule has 0 radical (unpaired) electrons. The van der Waals surface area contributed by atoms with E-state index in [2.05, 4.69) is 26.5 Å². The molecule has 8 heteroatoms. The minimum absolute atomic E-state index is 0.0864. The van der Waals surface area contributed by atoms with E-state index in [0.717, 1.165) is 5.56 Å². The summed E-state index contributed by atoms with van der Waals surface area (Å²) in [6, 6.07) is 16.5. The molecule has 30 heavy (non-hydrogen) atoms. The molecule has 0 spiro atoms. The van der Waals surface area contributed by atoms with Crippen LogP contribution in [0.25, 0.3) is 0 Å². The second kappa shape index (κ2) is 10.2. The van der Waals surface area contributed by atoms with Crippen molar-refractivity contribution >= 4 is 39.7 Å². The number of hydrogen-bond acceptors (Lipinski definition) is 4. The molecule has 0 unspecified atom stereocenters. The number of amides is 1. The molecule has 1 amide bonds. The first-order chi connectivity index (χ1) is 14.5. The van der Waals surface area contributed by atoms with Crippen molar-refractivity contribution in [2.24, 2.45) is 5.10 Å². The molecule has 0 fully saturated rings. The Hall–Kier alpha value is -2.90. The van der Waals surface area contributed by atoms with Crippen molar-refractivity contribution in [2.45, 2.75) is 6.61 Å². The second-order valence-electron chi connectivity index (χ2n) is 6.09.